The maximum atomic E-state index is 12.9. The molecule has 1 aliphatic carbocycles. The number of anilines is 1. The van der Waals surface area contributed by atoms with E-state index in [1.165, 1.54) is 0 Å². The first-order valence-corrected chi connectivity index (χ1v) is 9.55. The molecule has 2 aromatic heterocycles. The molecule has 3 aliphatic rings. The normalized spacial score (nSPS) is 21.3. The summed E-state index contributed by atoms with van der Waals surface area (Å²) in [6, 6.07) is 11.4. The van der Waals surface area contributed by atoms with Crippen molar-refractivity contribution in [1.29, 1.82) is 0 Å². The van der Waals surface area contributed by atoms with Gasteiger partial charge in [0.15, 0.2) is 5.82 Å². The summed E-state index contributed by atoms with van der Waals surface area (Å²) in [5, 5.41) is 11.2. The van der Waals surface area contributed by atoms with Gasteiger partial charge in [0.2, 0.25) is 0 Å². The number of amides is 1. The van der Waals surface area contributed by atoms with Crippen LogP contribution in [0.1, 0.15) is 34.8 Å². The molecule has 0 saturated heterocycles. The van der Waals surface area contributed by atoms with Gasteiger partial charge in [-0.05, 0) is 42.7 Å². The molecule has 0 atom stereocenters. The van der Waals surface area contributed by atoms with Crippen molar-refractivity contribution in [3.8, 4) is 11.5 Å². The van der Waals surface area contributed by atoms with Crippen molar-refractivity contribution < 1.29 is 9.53 Å². The highest BCUT2D eigenvalue weighted by Crippen LogP contribution is 2.37. The van der Waals surface area contributed by atoms with Crippen LogP contribution in [-0.4, -0.2) is 31.8 Å². The van der Waals surface area contributed by atoms with Crippen LogP contribution in [0.25, 0.3) is 11.5 Å². The highest BCUT2D eigenvalue weighted by Gasteiger charge is 2.33. The number of hydrogen-bond donors (Lipinski definition) is 1. The van der Waals surface area contributed by atoms with Gasteiger partial charge in [-0.2, -0.15) is 0 Å². The monoisotopic (exact) mass is 425 g/mol. The van der Waals surface area contributed by atoms with Crippen LogP contribution >= 0.6 is 15.9 Å². The molecule has 0 radical (unpaired) electrons. The molecule has 0 unspecified atom stereocenters. The van der Waals surface area contributed by atoms with Gasteiger partial charge in [0.1, 0.15) is 17.8 Å². The minimum absolute atomic E-state index is 0.159. The predicted molar refractivity (Wildman–Crippen MR) is 102 cm³/mol. The van der Waals surface area contributed by atoms with Crippen LogP contribution in [-0.2, 0) is 11.3 Å². The molecule has 0 spiro atoms. The number of aromatic nitrogens is 4. The van der Waals surface area contributed by atoms with E-state index < -0.39 is 0 Å². The highest BCUT2D eigenvalue weighted by molar-refractivity contribution is 9.10. The third-order valence-corrected chi connectivity index (χ3v) is 5.54. The molecule has 3 aromatic rings. The first-order valence-electron chi connectivity index (χ1n) is 8.76. The van der Waals surface area contributed by atoms with Gasteiger partial charge < -0.3 is 14.6 Å². The van der Waals surface area contributed by atoms with E-state index in [-0.39, 0.29) is 12.0 Å². The molecule has 6 rings (SSSR count). The number of carbonyl (C=O) groups excluding carboxylic acids is 1. The average molecular weight is 426 g/mol. The Morgan fingerprint density at radius 3 is 3.00 bits per heavy atom. The number of pyridine rings is 1. The Morgan fingerprint density at radius 1 is 1.22 bits per heavy atom. The van der Waals surface area contributed by atoms with E-state index in [0.29, 0.717) is 35.5 Å². The van der Waals surface area contributed by atoms with Crippen LogP contribution in [0.5, 0.6) is 0 Å². The van der Waals surface area contributed by atoms with Gasteiger partial charge in [-0.3, -0.25) is 4.79 Å². The third kappa shape index (κ3) is 3.04. The lowest BCUT2D eigenvalue weighted by molar-refractivity contribution is -0.0355. The average Bonchev–Trinajstić information content (AvgIpc) is 3.10. The number of nitrogens with zero attached hydrogens (tertiary/aromatic N) is 4. The zero-order valence-corrected chi connectivity index (χ0v) is 15.9. The van der Waals surface area contributed by atoms with E-state index in [1.807, 2.05) is 34.9 Å². The lowest BCUT2D eigenvalue weighted by Gasteiger charge is -2.36. The molecule has 27 heavy (non-hydrogen) atoms. The molecule has 1 aromatic carbocycles. The number of nitrogens with one attached hydrogen (secondary N) is 1. The Bertz CT molecular complexity index is 1030. The largest absolute Gasteiger partial charge is 0.373 e. The van der Waals surface area contributed by atoms with Gasteiger partial charge in [0.05, 0.1) is 12.7 Å². The molecular formula is C19H16BrN5O2. The molecule has 8 heteroatoms. The van der Waals surface area contributed by atoms with E-state index in [1.54, 1.807) is 12.4 Å². The molecule has 136 valence electrons. The summed E-state index contributed by atoms with van der Waals surface area (Å²) in [5.74, 6) is 0.960. The van der Waals surface area contributed by atoms with Crippen molar-refractivity contribution >= 4 is 27.7 Å². The Morgan fingerprint density at radius 2 is 2.11 bits per heavy atom. The van der Waals surface area contributed by atoms with Crippen LogP contribution in [0.4, 0.5) is 5.82 Å². The maximum Gasteiger partial charge on any atom is 0.257 e. The SMILES string of the molecule is O=C1Nc2cccc(n2)-c2nncn2C2CC(C2)OCc2ccc(Br)cc21. The van der Waals surface area contributed by atoms with Crippen molar-refractivity contribution in [2.45, 2.75) is 31.6 Å². The van der Waals surface area contributed by atoms with Crippen LogP contribution < -0.4 is 5.32 Å². The standard InChI is InChI=1S/C19H16BrN5O2/c20-12-5-4-11-9-27-14-7-13(8-14)25-10-21-24-18(25)16-2-1-3-17(22-16)23-19(26)15(11)6-12/h1-6,10,13-14H,7-9H2,(H,22,23,26). The summed E-state index contributed by atoms with van der Waals surface area (Å²) in [4.78, 5) is 17.4. The molecule has 1 amide bonds. The van der Waals surface area contributed by atoms with Gasteiger partial charge in [-0.1, -0.05) is 28.1 Å². The van der Waals surface area contributed by atoms with E-state index in [0.717, 1.165) is 22.9 Å². The van der Waals surface area contributed by atoms with Gasteiger partial charge >= 0.3 is 0 Å². The molecule has 1 fully saturated rings. The minimum atomic E-state index is -0.218. The molecule has 4 bridgehead atoms. The van der Waals surface area contributed by atoms with Crippen molar-refractivity contribution in [2.75, 3.05) is 5.32 Å². The molecule has 7 nitrogen and oxygen atoms in total. The Labute approximate surface area is 163 Å². The first-order chi connectivity index (χ1) is 13.2. The van der Waals surface area contributed by atoms with Crippen molar-refractivity contribution in [3.05, 3.63) is 58.3 Å². The first kappa shape index (κ1) is 16.6. The smallest absolute Gasteiger partial charge is 0.257 e. The number of benzene rings is 1. The summed E-state index contributed by atoms with van der Waals surface area (Å²) in [6.07, 6.45) is 3.68. The quantitative estimate of drug-likeness (QED) is 0.594. The summed E-state index contributed by atoms with van der Waals surface area (Å²) < 4.78 is 8.93. The lowest BCUT2D eigenvalue weighted by Crippen LogP contribution is -2.33. The topological polar surface area (TPSA) is 81.9 Å². The molecule has 1 N–H and O–H groups in total. The zero-order chi connectivity index (χ0) is 18.4. The Balaban J connectivity index is 1.59. The summed E-state index contributed by atoms with van der Waals surface area (Å²) in [6.45, 7) is 0.399. The van der Waals surface area contributed by atoms with Crippen LogP contribution in [0.2, 0.25) is 0 Å². The van der Waals surface area contributed by atoms with Crippen molar-refractivity contribution in [3.63, 3.8) is 0 Å². The van der Waals surface area contributed by atoms with Crippen LogP contribution in [0.15, 0.2) is 47.2 Å². The van der Waals surface area contributed by atoms with Crippen molar-refractivity contribution in [1.82, 2.24) is 19.7 Å². The Kier molecular flexibility index (Phi) is 4.02. The van der Waals surface area contributed by atoms with Gasteiger partial charge in [0.25, 0.3) is 5.91 Å². The number of carbonyl (C=O) groups is 1. The van der Waals surface area contributed by atoms with Gasteiger partial charge in [-0.15, -0.1) is 10.2 Å². The van der Waals surface area contributed by atoms with Gasteiger partial charge in [0, 0.05) is 16.1 Å². The van der Waals surface area contributed by atoms with Crippen molar-refractivity contribution in [2.24, 2.45) is 0 Å². The fourth-order valence-electron chi connectivity index (χ4n) is 3.50. The number of hydrogen-bond acceptors (Lipinski definition) is 5. The van der Waals surface area contributed by atoms with Crippen LogP contribution in [0.3, 0.4) is 0 Å². The summed E-state index contributed by atoms with van der Waals surface area (Å²) >= 11 is 3.44. The summed E-state index contributed by atoms with van der Waals surface area (Å²) in [5.41, 5.74) is 2.12. The third-order valence-electron chi connectivity index (χ3n) is 5.05. The molecule has 2 aliphatic heterocycles. The molecule has 1 saturated carbocycles. The van der Waals surface area contributed by atoms with Gasteiger partial charge in [-0.25, -0.2) is 4.98 Å². The fraction of sp³-hybridized carbons (Fsp3) is 0.263. The number of halogens is 1. The van der Waals surface area contributed by atoms with E-state index in [9.17, 15) is 4.79 Å². The van der Waals surface area contributed by atoms with E-state index in [4.69, 9.17) is 4.74 Å². The number of ether oxygens (including phenoxy) is 1. The van der Waals surface area contributed by atoms with E-state index >= 15 is 0 Å². The van der Waals surface area contributed by atoms with Crippen LogP contribution in [0, 0.1) is 0 Å². The number of fused-ring (bicyclic) bond motifs is 2. The second-order valence-corrected chi connectivity index (χ2v) is 7.70. The second-order valence-electron chi connectivity index (χ2n) is 6.78. The zero-order valence-electron chi connectivity index (χ0n) is 14.3. The second kappa shape index (κ2) is 6.54. The Hall–Kier alpha value is -2.58. The predicted octanol–water partition coefficient (Wildman–Crippen LogP) is 3.59. The number of rotatable bonds is 0. The minimum Gasteiger partial charge on any atom is -0.373 e. The fourth-order valence-corrected chi connectivity index (χ4v) is 3.86. The molecule has 4 heterocycles. The highest BCUT2D eigenvalue weighted by atomic mass is 79.9. The molecular weight excluding hydrogens is 410 g/mol. The summed E-state index contributed by atoms with van der Waals surface area (Å²) in [7, 11) is 0. The maximum absolute atomic E-state index is 12.9. The van der Waals surface area contributed by atoms with E-state index in [2.05, 4.69) is 36.4 Å². The lowest BCUT2D eigenvalue weighted by atomic mass is 9.88.